The number of amides is 1. The predicted molar refractivity (Wildman–Crippen MR) is 224 cm³/mol. The number of benzene rings is 4. The van der Waals surface area contributed by atoms with Crippen LogP contribution >= 0.6 is 0 Å². The van der Waals surface area contributed by atoms with Gasteiger partial charge in [-0.3, -0.25) is 4.79 Å². The second-order valence-electron chi connectivity index (χ2n) is 15.0. The van der Waals surface area contributed by atoms with E-state index < -0.39 is 0 Å². The van der Waals surface area contributed by atoms with Crippen molar-refractivity contribution in [2.45, 2.75) is 45.3 Å². The summed E-state index contributed by atoms with van der Waals surface area (Å²) in [7, 11) is 0. The molecule has 61 heavy (non-hydrogen) atoms. The van der Waals surface area contributed by atoms with E-state index in [-0.39, 0.29) is 54.4 Å². The number of aliphatic hydroxyl groups excluding tert-OH is 3. The molecule has 1 aliphatic carbocycles. The molecule has 14 nitrogen and oxygen atoms in total. The van der Waals surface area contributed by atoms with Gasteiger partial charge in [0.15, 0.2) is 0 Å². The minimum atomic E-state index is -0.290. The Bertz CT molecular complexity index is 3100. The number of hydrogen-bond donors (Lipinski definition) is 5. The monoisotopic (exact) mass is 851 g/mol. The van der Waals surface area contributed by atoms with Crippen LogP contribution in [0.1, 0.15) is 51.0 Å². The first-order valence-electron chi connectivity index (χ1n) is 19.8. The van der Waals surface area contributed by atoms with Crippen LogP contribution in [0.3, 0.4) is 0 Å². The Labute approximate surface area is 359 Å². The fourth-order valence-electron chi connectivity index (χ4n) is 8.09. The molecule has 2 aliphatic heterocycles. The van der Waals surface area contributed by atoms with E-state index in [1.807, 2.05) is 54.6 Å². The number of phenolic OH excluding ortho intramolecular Hbond substituents is 1. The topological polar surface area (TPSA) is 216 Å². The van der Waals surface area contributed by atoms with Crippen molar-refractivity contribution in [1.82, 2.24) is 45.2 Å². The summed E-state index contributed by atoms with van der Waals surface area (Å²) in [5, 5.41) is 44.5. The number of rotatable bonds is 9. The minimum absolute atomic E-state index is 0. The average Bonchev–Trinajstić information content (AvgIpc) is 4.00. The van der Waals surface area contributed by atoms with E-state index in [0.717, 1.165) is 41.5 Å². The average molecular weight is 852 g/mol. The van der Waals surface area contributed by atoms with E-state index in [1.54, 1.807) is 30.3 Å². The van der Waals surface area contributed by atoms with Crippen LogP contribution in [-0.2, 0) is 49.5 Å². The molecule has 5 heterocycles. The number of unbranched alkanes of at least 4 members (excludes halogenated alkanes) is 1. The zero-order chi connectivity index (χ0) is 40.9. The molecule has 0 saturated heterocycles. The number of aliphatic hydroxyl groups is 3. The maximum Gasteiger partial charge on any atom is 2.00 e. The normalized spacial score (nSPS) is 12.6. The second-order valence-corrected chi connectivity index (χ2v) is 15.0. The van der Waals surface area contributed by atoms with Gasteiger partial charge in [0.25, 0.3) is 5.91 Å². The first-order chi connectivity index (χ1) is 29.4. The molecule has 10 rings (SSSR count). The van der Waals surface area contributed by atoms with Crippen molar-refractivity contribution in [2.75, 3.05) is 13.2 Å². The predicted octanol–water partition coefficient (Wildman–Crippen LogP) is 5.43. The number of nitrogens with zero attached hydrogens (tertiary/aromatic N) is 8. The fraction of sp³-hybridized carbons (Fsp3) is 0.196. The Hall–Kier alpha value is -6.61. The molecule has 0 spiro atoms. The molecule has 304 valence electrons. The molecule has 3 aliphatic rings. The SMILES string of the molecule is O=C(NCCCCc1cccc(O)c1)c1cccc2c1-c1nc-2nc2[n-]c(nc3nc(nc4[n-]c(n1)c1ccc(CO)cc41)-c1cc(CO)ccc1-3)c1c2CC=C(CO)C1.[Fe+2]. The zero-order valence-electron chi connectivity index (χ0n) is 32.6. The third kappa shape index (κ3) is 7.36. The Morgan fingerprint density at radius 2 is 1.31 bits per heavy atom. The van der Waals surface area contributed by atoms with E-state index in [0.29, 0.717) is 109 Å². The number of carbonyl (C=O) groups is 1. The molecular formula is C46H37FeN9O5. The smallest absolute Gasteiger partial charge is 0.508 e. The Morgan fingerprint density at radius 3 is 2.13 bits per heavy atom. The van der Waals surface area contributed by atoms with E-state index in [1.165, 1.54) is 0 Å². The summed E-state index contributed by atoms with van der Waals surface area (Å²) in [5.41, 5.74) is 9.11. The molecule has 4 aromatic carbocycles. The number of aromatic nitrogens is 8. The van der Waals surface area contributed by atoms with Crippen LogP contribution in [0.5, 0.6) is 5.75 Å². The molecule has 5 N–H and O–H groups in total. The van der Waals surface area contributed by atoms with Gasteiger partial charge < -0.3 is 55.6 Å². The van der Waals surface area contributed by atoms with Crippen LogP contribution in [0.2, 0.25) is 0 Å². The van der Waals surface area contributed by atoms with E-state index >= 15 is 0 Å². The van der Waals surface area contributed by atoms with Crippen LogP contribution in [0, 0.1) is 0 Å². The van der Waals surface area contributed by atoms with Gasteiger partial charge in [-0.05, 0) is 107 Å². The summed E-state index contributed by atoms with van der Waals surface area (Å²) in [6.07, 6.45) is 5.18. The summed E-state index contributed by atoms with van der Waals surface area (Å²) in [5.74, 6) is 1.20. The quantitative estimate of drug-likeness (QED) is 0.0697. The number of nitrogens with one attached hydrogen (secondary N) is 1. The van der Waals surface area contributed by atoms with Crippen molar-refractivity contribution in [3.05, 3.63) is 124 Å². The molecule has 1 amide bonds. The van der Waals surface area contributed by atoms with E-state index in [4.69, 9.17) is 39.9 Å². The Balaban J connectivity index is 0.00000476. The van der Waals surface area contributed by atoms with Gasteiger partial charge in [0.05, 0.1) is 43.1 Å². The molecule has 0 atom stereocenters. The Kier molecular flexibility index (Phi) is 10.7. The number of aromatic hydroxyl groups is 1. The molecule has 0 saturated carbocycles. The number of allylic oxidation sites excluding steroid dienone is 1. The number of phenols is 1. The molecule has 0 radical (unpaired) electrons. The van der Waals surface area contributed by atoms with Crippen LogP contribution in [0.15, 0.2) is 90.5 Å². The Morgan fingerprint density at radius 1 is 0.623 bits per heavy atom. The zero-order valence-corrected chi connectivity index (χ0v) is 33.7. The van der Waals surface area contributed by atoms with Crippen LogP contribution < -0.4 is 15.3 Å². The molecule has 15 heteroatoms. The maximum absolute atomic E-state index is 14.0. The van der Waals surface area contributed by atoms with Gasteiger partial charge in [0, 0.05) is 57.0 Å². The molecule has 0 unspecified atom stereocenters. The molecule has 7 aromatic rings. The van der Waals surface area contributed by atoms with Crippen molar-refractivity contribution in [1.29, 1.82) is 0 Å². The van der Waals surface area contributed by atoms with Gasteiger partial charge in [0.2, 0.25) is 0 Å². The fourth-order valence-corrected chi connectivity index (χ4v) is 8.09. The number of hydrogen-bond acceptors (Lipinski definition) is 11. The van der Waals surface area contributed by atoms with Crippen LogP contribution in [0.4, 0.5) is 0 Å². The molecular weight excluding hydrogens is 814 g/mol. The molecule has 0 fully saturated rings. The first kappa shape index (κ1) is 39.8. The van der Waals surface area contributed by atoms with Gasteiger partial charge in [-0.25, -0.2) is 9.97 Å². The van der Waals surface area contributed by atoms with Gasteiger partial charge >= 0.3 is 17.1 Å². The third-order valence-electron chi connectivity index (χ3n) is 11.2. The third-order valence-corrected chi connectivity index (χ3v) is 11.2. The van der Waals surface area contributed by atoms with Crippen molar-refractivity contribution in [2.24, 2.45) is 0 Å². The molecule has 3 aromatic heterocycles. The van der Waals surface area contributed by atoms with Gasteiger partial charge in [0.1, 0.15) is 5.75 Å². The van der Waals surface area contributed by atoms with E-state index in [9.17, 15) is 25.2 Å². The number of aryl methyl sites for hydroxylation is 1. The standard InChI is InChI=1S/C46H38N9O5.Fe/c56-21-25-10-13-29-34(18-25)42-49-38(29)48-41-32-8-4-9-33(46(60)47-16-2-1-5-24-6-3-7-28(59)17-24)37(32)45(55-41)54-40-31-15-12-27(23-58)20-36(31)44(52-40)53-43-35-19-26(22-57)11-14-30(35)39(50-42)51-43;/h3-4,6-12,14-15,17,19-20,56-58H,1-2,5,13,16,18,21-23H2,(H3-,47,48,49,50,51,52,53,54,55,59,60);/q-1;+2/p-1. The largest absolute Gasteiger partial charge is 2.00 e. The van der Waals surface area contributed by atoms with Gasteiger partial charge in [-0.1, -0.05) is 54.6 Å². The maximum atomic E-state index is 14.0. The second kappa shape index (κ2) is 16.4. The number of carbonyl (C=O) groups excluding carboxylic acids is 1. The molecule has 8 bridgehead atoms. The summed E-state index contributed by atoms with van der Waals surface area (Å²) < 4.78 is 0. The van der Waals surface area contributed by atoms with Gasteiger partial charge in [-0.2, -0.15) is 0 Å². The van der Waals surface area contributed by atoms with Crippen molar-refractivity contribution in [3.8, 4) is 51.3 Å². The summed E-state index contributed by atoms with van der Waals surface area (Å²) in [4.78, 5) is 53.9. The first-order valence-corrected chi connectivity index (χ1v) is 19.8. The summed E-state index contributed by atoms with van der Waals surface area (Å²) in [6.45, 7) is -0.0587. The van der Waals surface area contributed by atoms with Crippen molar-refractivity contribution < 1.29 is 42.3 Å². The van der Waals surface area contributed by atoms with Crippen LogP contribution in [0.25, 0.3) is 78.9 Å². The van der Waals surface area contributed by atoms with E-state index in [2.05, 4.69) is 5.32 Å². The summed E-state index contributed by atoms with van der Waals surface area (Å²) >= 11 is 0. The van der Waals surface area contributed by atoms with Crippen LogP contribution in [-0.4, -0.2) is 69.4 Å². The van der Waals surface area contributed by atoms with Crippen molar-refractivity contribution >= 4 is 39.3 Å². The van der Waals surface area contributed by atoms with Gasteiger partial charge in [-0.15, -0.1) is 0 Å². The minimum Gasteiger partial charge on any atom is -0.508 e. The number of fused-ring (bicyclic) bond motifs is 20. The summed E-state index contributed by atoms with van der Waals surface area (Å²) in [6, 6.07) is 23.5. The van der Waals surface area contributed by atoms with Crippen molar-refractivity contribution in [3.63, 3.8) is 0 Å².